The van der Waals surface area contributed by atoms with E-state index < -0.39 is 5.60 Å². The lowest BCUT2D eigenvalue weighted by atomic mass is 10.2. The highest BCUT2D eigenvalue weighted by Crippen LogP contribution is 2.05. The second-order valence-corrected chi connectivity index (χ2v) is 2.57. The lowest BCUT2D eigenvalue weighted by molar-refractivity contribution is -1.30. The van der Waals surface area contributed by atoms with E-state index in [0.29, 0.717) is 11.3 Å². The van der Waals surface area contributed by atoms with E-state index in [4.69, 9.17) is 0 Å². The molecule has 0 aliphatic carbocycles. The van der Waals surface area contributed by atoms with Gasteiger partial charge in [0.05, 0.1) is 4.44 Å². The Bertz CT molecular complexity index is 58.8. The monoisotopic (exact) mass is 140 g/mol. The molecule has 0 saturated carbocycles. The highest BCUT2D eigenvalue weighted by molar-refractivity contribution is 4.53. The van der Waals surface area contributed by atoms with Gasteiger partial charge in [0.15, 0.2) is 0 Å². The van der Waals surface area contributed by atoms with Crippen LogP contribution in [0.4, 0.5) is 0 Å². The van der Waals surface area contributed by atoms with Gasteiger partial charge in [-0.2, -0.15) is 4.89 Å². The molecule has 0 amide bonds. The Morgan fingerprint density at radius 3 is 2.00 bits per heavy atom. The average molecular weight is 141 g/mol. The molecule has 0 atom stereocenters. The molecular formula is C4H9ClO3. The van der Waals surface area contributed by atoms with Crippen LogP contribution < -0.4 is 4.66 Å². The molecule has 0 aliphatic rings. The van der Waals surface area contributed by atoms with Gasteiger partial charge in [0.25, 0.3) is 0 Å². The smallest absolute Gasteiger partial charge is 0.365 e. The van der Waals surface area contributed by atoms with Crippen LogP contribution in [0.5, 0.6) is 0 Å². The van der Waals surface area contributed by atoms with Crippen molar-refractivity contribution in [3.05, 3.63) is 0 Å². The number of hydrogen-bond acceptors (Lipinski definition) is 3. The van der Waals surface area contributed by atoms with Crippen LogP contribution in [0.15, 0.2) is 0 Å². The molecule has 0 radical (unpaired) electrons. The molecule has 0 aliphatic heterocycles. The Labute approximate surface area is 52.6 Å². The number of rotatable bonds is 2. The van der Waals surface area contributed by atoms with Gasteiger partial charge in [0.2, 0.25) is 0 Å². The third kappa shape index (κ3) is 6.17. The average Bonchev–Trinajstić information content (AvgIpc) is 1.59. The molecule has 0 fully saturated rings. The van der Waals surface area contributed by atoms with E-state index in [-0.39, 0.29) is 0 Å². The Hall–Kier alpha value is 0.170. The summed E-state index contributed by atoms with van der Waals surface area (Å²) in [5, 5.41) is 0. The van der Waals surface area contributed by atoms with Gasteiger partial charge in [-0.3, -0.25) is 0 Å². The third-order valence-electron chi connectivity index (χ3n) is 0.307. The standard InChI is InChI=1S/C4H9ClO3/c1-4(2,3)7-8-5-6/h1-3H3. The maximum Gasteiger partial charge on any atom is 0.365 e. The molecule has 0 rings (SSSR count). The van der Waals surface area contributed by atoms with Gasteiger partial charge in [-0.1, -0.05) is 0 Å². The molecule has 4 heteroatoms. The van der Waals surface area contributed by atoms with Crippen LogP contribution in [0.1, 0.15) is 20.8 Å². The number of halogens is 1. The van der Waals surface area contributed by atoms with Crippen LogP contribution in [0.2, 0.25) is 0 Å². The zero-order chi connectivity index (χ0) is 6.62. The van der Waals surface area contributed by atoms with Crippen molar-refractivity contribution in [3.63, 3.8) is 0 Å². The van der Waals surface area contributed by atoms with E-state index in [1.54, 1.807) is 20.8 Å². The minimum Gasteiger partial charge on any atom is -0.504 e. The van der Waals surface area contributed by atoms with Gasteiger partial charge >= 0.3 is 11.3 Å². The summed E-state index contributed by atoms with van der Waals surface area (Å²) in [5.41, 5.74) is -0.405. The first-order valence-electron chi connectivity index (χ1n) is 2.18. The van der Waals surface area contributed by atoms with Crippen LogP contribution in [-0.2, 0) is 9.33 Å². The van der Waals surface area contributed by atoms with Crippen molar-refractivity contribution in [3.8, 4) is 0 Å². The Balaban J connectivity index is 3.11. The highest BCUT2D eigenvalue weighted by atomic mass is 35.6. The van der Waals surface area contributed by atoms with Crippen molar-refractivity contribution in [1.82, 2.24) is 0 Å². The SMILES string of the molecule is CC(C)(C)OO[Cl+][O-]. The molecule has 0 spiro atoms. The van der Waals surface area contributed by atoms with E-state index >= 15 is 0 Å². The summed E-state index contributed by atoms with van der Waals surface area (Å²) in [5.74, 6) is 0. The molecule has 0 heterocycles. The largest absolute Gasteiger partial charge is 0.504 e. The van der Waals surface area contributed by atoms with Gasteiger partial charge in [0, 0.05) is 0 Å². The van der Waals surface area contributed by atoms with Gasteiger partial charge in [-0.15, -0.1) is 0 Å². The molecule has 8 heavy (non-hydrogen) atoms. The normalized spacial score (nSPS) is 12.0. The molecule has 3 nitrogen and oxygen atoms in total. The molecule has 0 aromatic heterocycles. The van der Waals surface area contributed by atoms with Crippen molar-refractivity contribution in [1.29, 1.82) is 0 Å². The van der Waals surface area contributed by atoms with Gasteiger partial charge in [-0.05, 0) is 20.8 Å². The zero-order valence-electron chi connectivity index (χ0n) is 5.10. The minimum atomic E-state index is -0.405. The minimum absolute atomic E-state index is 0.355. The quantitative estimate of drug-likeness (QED) is 0.401. The summed E-state index contributed by atoms with van der Waals surface area (Å²) in [6.45, 7) is 5.36. The predicted molar refractivity (Wildman–Crippen MR) is 21.9 cm³/mol. The van der Waals surface area contributed by atoms with Gasteiger partial charge in [-0.25, -0.2) is 0 Å². The number of hydrogen-bond donors (Lipinski definition) is 0. The van der Waals surface area contributed by atoms with Crippen LogP contribution in [0.3, 0.4) is 0 Å². The molecule has 0 aromatic rings. The lowest BCUT2D eigenvalue weighted by Gasteiger charge is -2.10. The first kappa shape index (κ1) is 8.17. The van der Waals surface area contributed by atoms with Gasteiger partial charge in [0.1, 0.15) is 5.60 Å². The maximum absolute atomic E-state index is 9.49. The molecular weight excluding hydrogens is 131 g/mol. The Kier molecular flexibility index (Phi) is 3.31. The third-order valence-corrected chi connectivity index (χ3v) is 0.422. The lowest BCUT2D eigenvalue weighted by Crippen LogP contribution is -2.20. The molecule has 0 unspecified atom stereocenters. The van der Waals surface area contributed by atoms with Gasteiger partial charge < -0.3 is 4.66 Å². The Morgan fingerprint density at radius 2 is 1.88 bits per heavy atom. The summed E-state index contributed by atoms with van der Waals surface area (Å²) in [6, 6.07) is 0. The second kappa shape index (κ2) is 3.25. The molecule has 0 aromatic carbocycles. The fourth-order valence-electron chi connectivity index (χ4n) is 0.107. The zero-order valence-corrected chi connectivity index (χ0v) is 5.86. The Morgan fingerprint density at radius 1 is 1.38 bits per heavy atom. The van der Waals surface area contributed by atoms with E-state index in [0.717, 1.165) is 0 Å². The van der Waals surface area contributed by atoms with Crippen molar-refractivity contribution in [2.45, 2.75) is 26.4 Å². The molecule has 50 valence electrons. The summed E-state index contributed by atoms with van der Waals surface area (Å²) in [6.07, 6.45) is 0. The van der Waals surface area contributed by atoms with Crippen LogP contribution in [0.25, 0.3) is 0 Å². The molecule has 0 bridgehead atoms. The summed E-state index contributed by atoms with van der Waals surface area (Å²) in [7, 11) is 0. The molecule has 0 saturated heterocycles. The van der Waals surface area contributed by atoms with E-state index in [2.05, 4.69) is 9.33 Å². The molecule has 0 N–H and O–H groups in total. The predicted octanol–water partition coefficient (Wildman–Crippen LogP) is 0.00840. The van der Waals surface area contributed by atoms with E-state index in [1.165, 1.54) is 0 Å². The first-order chi connectivity index (χ1) is 3.56. The van der Waals surface area contributed by atoms with Crippen molar-refractivity contribution < 1.29 is 25.3 Å². The summed E-state index contributed by atoms with van der Waals surface area (Å²) >= 11 is 0.355. The van der Waals surface area contributed by atoms with Crippen molar-refractivity contribution >= 4 is 0 Å². The van der Waals surface area contributed by atoms with Crippen molar-refractivity contribution in [2.24, 2.45) is 0 Å². The van der Waals surface area contributed by atoms with Crippen LogP contribution in [-0.4, -0.2) is 5.60 Å². The highest BCUT2D eigenvalue weighted by Gasteiger charge is 2.13. The van der Waals surface area contributed by atoms with E-state index in [9.17, 15) is 4.66 Å². The maximum atomic E-state index is 9.49. The summed E-state index contributed by atoms with van der Waals surface area (Å²) in [4.78, 5) is 4.50. The summed E-state index contributed by atoms with van der Waals surface area (Å²) < 4.78 is 13.5. The van der Waals surface area contributed by atoms with E-state index in [1.807, 2.05) is 0 Å². The van der Waals surface area contributed by atoms with Crippen molar-refractivity contribution in [2.75, 3.05) is 0 Å². The first-order valence-corrected chi connectivity index (χ1v) is 2.80. The fourth-order valence-corrected chi connectivity index (χ4v) is 0.322. The topological polar surface area (TPSA) is 41.5 Å². The second-order valence-electron chi connectivity index (χ2n) is 2.32. The van der Waals surface area contributed by atoms with Crippen LogP contribution in [0, 0.1) is 11.3 Å². The fraction of sp³-hybridized carbons (Fsp3) is 1.00. The van der Waals surface area contributed by atoms with Crippen LogP contribution >= 0.6 is 0 Å².